The Balaban J connectivity index is 1.75. The van der Waals surface area contributed by atoms with Gasteiger partial charge >= 0.3 is 0 Å². The highest BCUT2D eigenvalue weighted by Gasteiger charge is 2.16. The Morgan fingerprint density at radius 3 is 2.52 bits per heavy atom. The van der Waals surface area contributed by atoms with Gasteiger partial charge in [-0.1, -0.05) is 13.0 Å². The van der Waals surface area contributed by atoms with E-state index in [9.17, 15) is 4.79 Å². The zero-order valence-corrected chi connectivity index (χ0v) is 14.4. The second-order valence-electron chi connectivity index (χ2n) is 5.56. The van der Waals surface area contributed by atoms with E-state index in [4.69, 9.17) is 0 Å². The Hall–Kier alpha value is -0.910. The van der Waals surface area contributed by atoms with Gasteiger partial charge in [0.15, 0.2) is 0 Å². The summed E-state index contributed by atoms with van der Waals surface area (Å²) in [5, 5.41) is 2.97. The molecule has 116 valence electrons. The third-order valence-electron chi connectivity index (χ3n) is 3.97. The minimum atomic E-state index is 0.0810. The van der Waals surface area contributed by atoms with Crippen molar-refractivity contribution in [3.8, 4) is 0 Å². The molecule has 1 fully saturated rings. The van der Waals surface area contributed by atoms with Crippen LogP contribution < -0.4 is 5.32 Å². The van der Waals surface area contributed by atoms with Crippen LogP contribution in [0.3, 0.4) is 0 Å². The lowest BCUT2D eigenvalue weighted by molar-refractivity contribution is -0.116. The maximum absolute atomic E-state index is 12.0. The van der Waals surface area contributed by atoms with E-state index in [0.29, 0.717) is 6.42 Å². The fraction of sp³-hybridized carbons (Fsp3) is 0.562. The van der Waals surface area contributed by atoms with Crippen molar-refractivity contribution in [2.45, 2.75) is 20.3 Å². The number of nitrogens with one attached hydrogen (secondary N) is 1. The van der Waals surface area contributed by atoms with Crippen molar-refractivity contribution in [1.29, 1.82) is 0 Å². The molecule has 1 aliphatic heterocycles. The fourth-order valence-corrected chi connectivity index (χ4v) is 3.12. The van der Waals surface area contributed by atoms with Crippen LogP contribution in [0.5, 0.6) is 0 Å². The average molecular weight is 354 g/mol. The van der Waals surface area contributed by atoms with E-state index >= 15 is 0 Å². The van der Waals surface area contributed by atoms with Crippen molar-refractivity contribution >= 4 is 27.5 Å². The molecule has 0 atom stereocenters. The van der Waals surface area contributed by atoms with Gasteiger partial charge in [-0.3, -0.25) is 4.79 Å². The van der Waals surface area contributed by atoms with Crippen LogP contribution in [0.1, 0.15) is 18.9 Å². The minimum absolute atomic E-state index is 0.0810. The summed E-state index contributed by atoms with van der Waals surface area (Å²) in [5.41, 5.74) is 2.02. The number of hydrogen-bond acceptors (Lipinski definition) is 3. The number of likely N-dealkylation sites (N-methyl/N-ethyl adjacent to an activating group) is 1. The zero-order valence-electron chi connectivity index (χ0n) is 12.9. The Bertz CT molecular complexity index is 484. The molecule has 1 amide bonds. The molecular weight excluding hydrogens is 330 g/mol. The summed E-state index contributed by atoms with van der Waals surface area (Å²) in [7, 11) is 0. The first kappa shape index (κ1) is 16.5. The van der Waals surface area contributed by atoms with Crippen molar-refractivity contribution in [2.75, 3.05) is 44.6 Å². The van der Waals surface area contributed by atoms with Crippen LogP contribution in [0.4, 0.5) is 5.69 Å². The van der Waals surface area contributed by atoms with Crippen LogP contribution in [0, 0.1) is 6.92 Å². The van der Waals surface area contributed by atoms with E-state index in [1.165, 1.54) is 5.56 Å². The number of carbonyl (C=O) groups is 1. The van der Waals surface area contributed by atoms with Crippen LogP contribution >= 0.6 is 15.9 Å². The number of amides is 1. The van der Waals surface area contributed by atoms with Crippen LogP contribution in [0.15, 0.2) is 22.7 Å². The molecule has 0 unspecified atom stereocenters. The van der Waals surface area contributed by atoms with Gasteiger partial charge in [0.05, 0.1) is 5.69 Å². The quantitative estimate of drug-likeness (QED) is 0.883. The van der Waals surface area contributed by atoms with Crippen molar-refractivity contribution < 1.29 is 4.79 Å². The molecule has 4 nitrogen and oxygen atoms in total. The molecule has 21 heavy (non-hydrogen) atoms. The standard InChI is InChI=1S/C16H24BrN3O/c1-3-19-8-10-20(11-9-19)7-6-16(21)18-15-5-4-13(2)12-14(15)17/h4-5,12H,3,6-11H2,1-2H3,(H,18,21). The molecule has 1 aromatic rings. The maximum Gasteiger partial charge on any atom is 0.225 e. The van der Waals surface area contributed by atoms with Gasteiger partial charge in [-0.05, 0) is 47.1 Å². The topological polar surface area (TPSA) is 35.6 Å². The molecule has 0 radical (unpaired) electrons. The molecule has 1 aromatic carbocycles. The summed E-state index contributed by atoms with van der Waals surface area (Å²) in [4.78, 5) is 16.9. The number of nitrogens with zero attached hydrogens (tertiary/aromatic N) is 2. The number of hydrogen-bond donors (Lipinski definition) is 1. The zero-order chi connectivity index (χ0) is 15.2. The first-order chi connectivity index (χ1) is 10.1. The van der Waals surface area contributed by atoms with Gasteiger partial charge in [0, 0.05) is 43.6 Å². The SMILES string of the molecule is CCN1CCN(CCC(=O)Nc2ccc(C)cc2Br)CC1. The number of carbonyl (C=O) groups excluding carboxylic acids is 1. The third kappa shape index (κ3) is 5.09. The third-order valence-corrected chi connectivity index (χ3v) is 4.62. The molecule has 0 saturated carbocycles. The van der Waals surface area contributed by atoms with Gasteiger partial charge in [-0.2, -0.15) is 0 Å². The highest BCUT2D eigenvalue weighted by molar-refractivity contribution is 9.10. The highest BCUT2D eigenvalue weighted by atomic mass is 79.9. The van der Waals surface area contributed by atoms with Crippen LogP contribution in [-0.4, -0.2) is 55.0 Å². The van der Waals surface area contributed by atoms with E-state index in [2.05, 4.69) is 38.0 Å². The lowest BCUT2D eigenvalue weighted by atomic mass is 10.2. The number of aryl methyl sites for hydroxylation is 1. The summed E-state index contributed by atoms with van der Waals surface area (Å²) < 4.78 is 0.937. The van der Waals surface area contributed by atoms with E-state index in [-0.39, 0.29) is 5.91 Å². The van der Waals surface area contributed by atoms with Gasteiger partial charge < -0.3 is 15.1 Å². The number of halogens is 1. The van der Waals surface area contributed by atoms with Crippen LogP contribution in [0.25, 0.3) is 0 Å². The van der Waals surface area contributed by atoms with E-state index < -0.39 is 0 Å². The average Bonchev–Trinajstić information content (AvgIpc) is 2.48. The van der Waals surface area contributed by atoms with Gasteiger partial charge in [0.2, 0.25) is 5.91 Å². The van der Waals surface area contributed by atoms with Gasteiger partial charge in [-0.15, -0.1) is 0 Å². The van der Waals surface area contributed by atoms with Crippen molar-refractivity contribution in [1.82, 2.24) is 9.80 Å². The van der Waals surface area contributed by atoms with Gasteiger partial charge in [-0.25, -0.2) is 0 Å². The Morgan fingerprint density at radius 2 is 1.90 bits per heavy atom. The fourth-order valence-electron chi connectivity index (χ4n) is 2.52. The predicted octanol–water partition coefficient (Wildman–Crippen LogP) is 2.72. The Kier molecular flexibility index (Phi) is 6.21. The maximum atomic E-state index is 12.0. The van der Waals surface area contributed by atoms with Crippen LogP contribution in [0.2, 0.25) is 0 Å². The smallest absolute Gasteiger partial charge is 0.225 e. The lowest BCUT2D eigenvalue weighted by Crippen LogP contribution is -2.46. The molecule has 1 heterocycles. The Morgan fingerprint density at radius 1 is 1.24 bits per heavy atom. The van der Waals surface area contributed by atoms with Crippen molar-refractivity contribution in [3.63, 3.8) is 0 Å². The molecule has 2 rings (SSSR count). The predicted molar refractivity (Wildman–Crippen MR) is 90.7 cm³/mol. The van der Waals surface area contributed by atoms with Gasteiger partial charge in [0.25, 0.3) is 0 Å². The minimum Gasteiger partial charge on any atom is -0.325 e. The molecule has 5 heteroatoms. The normalized spacial score (nSPS) is 16.9. The molecule has 0 spiro atoms. The summed E-state index contributed by atoms with van der Waals surface area (Å²) >= 11 is 3.49. The summed E-state index contributed by atoms with van der Waals surface area (Å²) in [6.45, 7) is 10.5. The molecular formula is C16H24BrN3O. The molecule has 0 aliphatic carbocycles. The van der Waals surface area contributed by atoms with Crippen LogP contribution in [-0.2, 0) is 4.79 Å². The number of benzene rings is 1. The number of piperazine rings is 1. The second-order valence-corrected chi connectivity index (χ2v) is 6.41. The lowest BCUT2D eigenvalue weighted by Gasteiger charge is -2.33. The van der Waals surface area contributed by atoms with E-state index in [1.54, 1.807) is 0 Å². The number of rotatable bonds is 5. The summed E-state index contributed by atoms with van der Waals surface area (Å²) in [5.74, 6) is 0.0810. The largest absolute Gasteiger partial charge is 0.325 e. The summed E-state index contributed by atoms with van der Waals surface area (Å²) in [6.07, 6.45) is 0.548. The van der Waals surface area contributed by atoms with Crippen molar-refractivity contribution in [2.24, 2.45) is 0 Å². The highest BCUT2D eigenvalue weighted by Crippen LogP contribution is 2.23. The van der Waals surface area contributed by atoms with E-state index in [0.717, 1.165) is 49.4 Å². The molecule has 1 aliphatic rings. The first-order valence-corrected chi connectivity index (χ1v) is 8.38. The first-order valence-electron chi connectivity index (χ1n) is 7.59. The molecule has 0 aromatic heterocycles. The molecule has 0 bridgehead atoms. The summed E-state index contributed by atoms with van der Waals surface area (Å²) in [6, 6.07) is 5.96. The number of anilines is 1. The van der Waals surface area contributed by atoms with E-state index in [1.807, 2.05) is 25.1 Å². The molecule has 1 N–H and O–H groups in total. The second kappa shape index (κ2) is 7.92. The monoisotopic (exact) mass is 353 g/mol. The van der Waals surface area contributed by atoms with Crippen molar-refractivity contribution in [3.05, 3.63) is 28.2 Å². The Labute approximate surface area is 135 Å². The van der Waals surface area contributed by atoms with Gasteiger partial charge in [0.1, 0.15) is 0 Å². The molecule has 1 saturated heterocycles.